The average Bonchev–Trinajstić information content (AvgIpc) is 2.46. The third-order valence-corrected chi connectivity index (χ3v) is 3.29. The fourth-order valence-corrected chi connectivity index (χ4v) is 2.12. The molecule has 0 bridgehead atoms. The van der Waals surface area contributed by atoms with Crippen LogP contribution < -0.4 is 10.1 Å². The third kappa shape index (κ3) is 6.91. The summed E-state index contributed by atoms with van der Waals surface area (Å²) in [7, 11) is 1.74. The van der Waals surface area contributed by atoms with Crippen molar-refractivity contribution in [2.24, 2.45) is 0 Å². The van der Waals surface area contributed by atoms with Gasteiger partial charge in [-0.2, -0.15) is 0 Å². The fourth-order valence-electron chi connectivity index (χ4n) is 2.12. The normalized spacial score (nSPS) is 12.6. The van der Waals surface area contributed by atoms with Crippen LogP contribution in [0.2, 0.25) is 0 Å². The summed E-state index contributed by atoms with van der Waals surface area (Å²) < 4.78 is 11.0. The van der Waals surface area contributed by atoms with Crippen molar-refractivity contribution < 1.29 is 14.3 Å². The van der Waals surface area contributed by atoms with Crippen LogP contribution in [-0.2, 0) is 4.74 Å². The zero-order chi connectivity index (χ0) is 17.5. The first kappa shape index (κ1) is 19.3. The quantitative estimate of drug-likeness (QED) is 0.833. The standard InChI is InChI=1S/C18H30N2O3/c1-7-22-16-11-9-8-10-15(16)14(2)19-12-13-20(6)17(21)23-18(3,4)5/h8-11,14,19H,7,12-13H2,1-6H3. The number of amides is 1. The molecule has 0 saturated carbocycles. The Balaban J connectivity index is 2.48. The molecule has 0 aliphatic heterocycles. The van der Waals surface area contributed by atoms with E-state index in [9.17, 15) is 4.79 Å². The molecular formula is C18H30N2O3. The van der Waals surface area contributed by atoms with Crippen LogP contribution in [-0.4, -0.2) is 43.3 Å². The number of carbonyl (C=O) groups excluding carboxylic acids is 1. The van der Waals surface area contributed by atoms with Crippen LogP contribution in [0.5, 0.6) is 5.75 Å². The molecule has 0 fully saturated rings. The second-order valence-electron chi connectivity index (χ2n) is 6.55. The average molecular weight is 322 g/mol. The molecule has 0 heterocycles. The van der Waals surface area contributed by atoms with Crippen LogP contribution in [0.3, 0.4) is 0 Å². The second-order valence-corrected chi connectivity index (χ2v) is 6.55. The summed E-state index contributed by atoms with van der Waals surface area (Å²) in [6.45, 7) is 11.6. The lowest BCUT2D eigenvalue weighted by Gasteiger charge is -2.25. The Morgan fingerprint density at radius 2 is 1.96 bits per heavy atom. The Kier molecular flexibility index (Phi) is 7.36. The van der Waals surface area contributed by atoms with Crippen LogP contribution in [0, 0.1) is 0 Å². The lowest BCUT2D eigenvalue weighted by atomic mass is 10.1. The van der Waals surface area contributed by atoms with Gasteiger partial charge in [-0.15, -0.1) is 0 Å². The highest BCUT2D eigenvalue weighted by Crippen LogP contribution is 2.24. The Bertz CT molecular complexity index is 497. The number of hydrogen-bond donors (Lipinski definition) is 1. The van der Waals surface area contributed by atoms with Crippen molar-refractivity contribution in [3.8, 4) is 5.75 Å². The number of para-hydroxylation sites is 1. The number of nitrogens with zero attached hydrogens (tertiary/aromatic N) is 1. The van der Waals surface area contributed by atoms with E-state index >= 15 is 0 Å². The van der Waals surface area contributed by atoms with Crippen molar-refractivity contribution in [2.45, 2.75) is 46.3 Å². The van der Waals surface area contributed by atoms with Gasteiger partial charge < -0.3 is 19.7 Å². The van der Waals surface area contributed by atoms with Gasteiger partial charge in [0.2, 0.25) is 0 Å². The molecule has 1 N–H and O–H groups in total. The van der Waals surface area contributed by atoms with Crippen molar-refractivity contribution >= 4 is 6.09 Å². The maximum atomic E-state index is 11.9. The lowest BCUT2D eigenvalue weighted by Crippen LogP contribution is -2.38. The van der Waals surface area contributed by atoms with Crippen LogP contribution in [0.4, 0.5) is 4.79 Å². The van der Waals surface area contributed by atoms with Gasteiger partial charge in [-0.3, -0.25) is 0 Å². The minimum atomic E-state index is -0.470. The number of hydrogen-bond acceptors (Lipinski definition) is 4. The van der Waals surface area contributed by atoms with E-state index < -0.39 is 5.60 Å². The van der Waals surface area contributed by atoms with Crippen LogP contribution >= 0.6 is 0 Å². The van der Waals surface area contributed by atoms with E-state index in [0.29, 0.717) is 19.7 Å². The van der Waals surface area contributed by atoms with Crippen molar-refractivity contribution in [3.05, 3.63) is 29.8 Å². The lowest BCUT2D eigenvalue weighted by molar-refractivity contribution is 0.0299. The number of carbonyl (C=O) groups is 1. The molecule has 0 saturated heterocycles. The molecule has 130 valence electrons. The van der Waals surface area contributed by atoms with Gasteiger partial charge in [0, 0.05) is 31.7 Å². The number of ether oxygens (including phenoxy) is 2. The Morgan fingerprint density at radius 1 is 1.30 bits per heavy atom. The molecule has 5 nitrogen and oxygen atoms in total. The molecule has 23 heavy (non-hydrogen) atoms. The molecule has 1 amide bonds. The zero-order valence-corrected chi connectivity index (χ0v) is 15.2. The maximum Gasteiger partial charge on any atom is 0.410 e. The molecule has 1 rings (SSSR count). The molecule has 0 aliphatic carbocycles. The second kappa shape index (κ2) is 8.77. The largest absolute Gasteiger partial charge is 0.494 e. The van der Waals surface area contributed by atoms with E-state index in [1.807, 2.05) is 45.9 Å². The number of likely N-dealkylation sites (N-methyl/N-ethyl adjacent to an activating group) is 1. The van der Waals surface area contributed by atoms with E-state index in [0.717, 1.165) is 11.3 Å². The molecule has 1 aromatic carbocycles. The third-order valence-electron chi connectivity index (χ3n) is 3.29. The summed E-state index contributed by atoms with van der Waals surface area (Å²) in [6, 6.07) is 8.15. The Morgan fingerprint density at radius 3 is 2.57 bits per heavy atom. The van der Waals surface area contributed by atoms with Crippen LogP contribution in [0.25, 0.3) is 0 Å². The van der Waals surface area contributed by atoms with Crippen molar-refractivity contribution in [1.82, 2.24) is 10.2 Å². The van der Waals surface area contributed by atoms with Crippen molar-refractivity contribution in [2.75, 3.05) is 26.7 Å². The van der Waals surface area contributed by atoms with E-state index in [4.69, 9.17) is 9.47 Å². The predicted molar refractivity (Wildman–Crippen MR) is 92.9 cm³/mol. The first-order valence-electron chi connectivity index (χ1n) is 8.13. The molecule has 0 spiro atoms. The SMILES string of the molecule is CCOc1ccccc1C(C)NCCN(C)C(=O)OC(C)(C)C. The summed E-state index contributed by atoms with van der Waals surface area (Å²) in [5.74, 6) is 0.899. The monoisotopic (exact) mass is 322 g/mol. The predicted octanol–water partition coefficient (Wildman–Crippen LogP) is 3.60. The highest BCUT2D eigenvalue weighted by atomic mass is 16.6. The molecule has 1 atom stereocenters. The summed E-state index contributed by atoms with van der Waals surface area (Å²) in [4.78, 5) is 13.5. The Hall–Kier alpha value is -1.75. The minimum absolute atomic E-state index is 0.143. The fraction of sp³-hybridized carbons (Fsp3) is 0.611. The maximum absolute atomic E-state index is 11.9. The summed E-state index contributed by atoms with van der Waals surface area (Å²) in [5, 5.41) is 3.42. The van der Waals surface area contributed by atoms with Gasteiger partial charge in [-0.25, -0.2) is 4.79 Å². The zero-order valence-electron chi connectivity index (χ0n) is 15.2. The van der Waals surface area contributed by atoms with Gasteiger partial charge in [0.15, 0.2) is 0 Å². The van der Waals surface area contributed by atoms with Gasteiger partial charge >= 0.3 is 6.09 Å². The van der Waals surface area contributed by atoms with Gasteiger partial charge in [-0.05, 0) is 40.7 Å². The first-order valence-corrected chi connectivity index (χ1v) is 8.13. The summed E-state index contributed by atoms with van der Waals surface area (Å²) in [5.41, 5.74) is 0.650. The van der Waals surface area contributed by atoms with Gasteiger partial charge in [0.1, 0.15) is 11.4 Å². The Labute approximate surface area is 140 Å². The van der Waals surface area contributed by atoms with E-state index in [-0.39, 0.29) is 12.1 Å². The summed E-state index contributed by atoms with van der Waals surface area (Å²) in [6.07, 6.45) is -0.304. The smallest absolute Gasteiger partial charge is 0.410 e. The van der Waals surface area contributed by atoms with E-state index in [1.165, 1.54) is 0 Å². The molecule has 1 aromatic rings. The van der Waals surface area contributed by atoms with Crippen molar-refractivity contribution in [1.29, 1.82) is 0 Å². The molecule has 0 aromatic heterocycles. The van der Waals surface area contributed by atoms with Gasteiger partial charge in [0.25, 0.3) is 0 Å². The molecule has 1 unspecified atom stereocenters. The highest BCUT2D eigenvalue weighted by molar-refractivity contribution is 5.67. The first-order chi connectivity index (χ1) is 10.7. The molecule has 0 radical (unpaired) electrons. The molecule has 0 aliphatic rings. The number of rotatable bonds is 7. The number of nitrogens with one attached hydrogen (secondary N) is 1. The minimum Gasteiger partial charge on any atom is -0.494 e. The van der Waals surface area contributed by atoms with Crippen LogP contribution in [0.15, 0.2) is 24.3 Å². The molecule has 5 heteroatoms. The number of benzene rings is 1. The topological polar surface area (TPSA) is 50.8 Å². The van der Waals surface area contributed by atoms with Gasteiger partial charge in [-0.1, -0.05) is 18.2 Å². The highest BCUT2D eigenvalue weighted by Gasteiger charge is 2.19. The van der Waals surface area contributed by atoms with Crippen molar-refractivity contribution in [3.63, 3.8) is 0 Å². The summed E-state index contributed by atoms with van der Waals surface area (Å²) >= 11 is 0. The van der Waals surface area contributed by atoms with E-state index in [2.05, 4.69) is 18.3 Å². The van der Waals surface area contributed by atoms with Gasteiger partial charge in [0.05, 0.1) is 6.61 Å². The van der Waals surface area contributed by atoms with Crippen LogP contribution in [0.1, 0.15) is 46.2 Å². The molecular weight excluding hydrogens is 292 g/mol. The van der Waals surface area contributed by atoms with E-state index in [1.54, 1.807) is 11.9 Å².